The Morgan fingerprint density at radius 2 is 2.20 bits per heavy atom. The predicted octanol–water partition coefficient (Wildman–Crippen LogP) is 0.0509. The van der Waals surface area contributed by atoms with Crippen molar-refractivity contribution >= 4 is 27.3 Å². The summed E-state index contributed by atoms with van der Waals surface area (Å²) in [7, 11) is -2.30. The van der Waals surface area contributed by atoms with Crippen LogP contribution >= 0.6 is 11.3 Å². The van der Waals surface area contributed by atoms with Gasteiger partial charge in [0.25, 0.3) is 0 Å². The van der Waals surface area contributed by atoms with Crippen molar-refractivity contribution in [3.63, 3.8) is 0 Å². The van der Waals surface area contributed by atoms with Gasteiger partial charge in [-0.25, -0.2) is 13.1 Å². The van der Waals surface area contributed by atoms with E-state index in [0.717, 1.165) is 11.3 Å². The number of aliphatic hydroxyl groups is 1. The SMILES string of the molecule is COCC(CCO)NS(=O)(=O)c1ccc(CC(=O)O)s1. The molecule has 3 N–H and O–H groups in total. The van der Waals surface area contributed by atoms with Gasteiger partial charge in [-0.3, -0.25) is 4.79 Å². The van der Waals surface area contributed by atoms with E-state index in [0.29, 0.717) is 4.88 Å². The molecule has 1 atom stereocenters. The number of aliphatic hydroxyl groups excluding tert-OH is 1. The number of aliphatic carboxylic acids is 1. The molecular formula is C11H17NO6S2. The Labute approximate surface area is 121 Å². The quantitative estimate of drug-likeness (QED) is 0.592. The van der Waals surface area contributed by atoms with E-state index in [9.17, 15) is 13.2 Å². The van der Waals surface area contributed by atoms with Crippen LogP contribution in [0.5, 0.6) is 0 Å². The first-order chi connectivity index (χ1) is 9.39. The summed E-state index contributed by atoms with van der Waals surface area (Å²) in [6, 6.07) is 2.32. The van der Waals surface area contributed by atoms with Gasteiger partial charge < -0.3 is 14.9 Å². The number of thiophene rings is 1. The third-order valence-electron chi connectivity index (χ3n) is 2.39. The van der Waals surface area contributed by atoms with Gasteiger partial charge in [0, 0.05) is 24.6 Å². The molecule has 0 saturated heterocycles. The van der Waals surface area contributed by atoms with Gasteiger partial charge in [0.1, 0.15) is 4.21 Å². The number of hydrogen-bond donors (Lipinski definition) is 3. The minimum atomic E-state index is -3.73. The topological polar surface area (TPSA) is 113 Å². The first-order valence-corrected chi connectivity index (χ1v) is 8.11. The van der Waals surface area contributed by atoms with Crippen LogP contribution in [0.4, 0.5) is 0 Å². The van der Waals surface area contributed by atoms with Crippen LogP contribution in [0.15, 0.2) is 16.3 Å². The number of hydrogen-bond acceptors (Lipinski definition) is 6. The zero-order chi connectivity index (χ0) is 15.2. The molecule has 0 amide bonds. The summed E-state index contributed by atoms with van der Waals surface area (Å²) >= 11 is 0.912. The molecule has 1 unspecified atom stereocenters. The van der Waals surface area contributed by atoms with Gasteiger partial charge >= 0.3 is 5.97 Å². The normalized spacial score (nSPS) is 13.3. The third-order valence-corrected chi connectivity index (χ3v) is 5.49. The van der Waals surface area contributed by atoms with E-state index >= 15 is 0 Å². The average molecular weight is 323 g/mol. The molecule has 7 nitrogen and oxygen atoms in total. The lowest BCUT2D eigenvalue weighted by Crippen LogP contribution is -2.38. The standard InChI is InChI=1S/C11H17NO6S2/c1-18-7-8(4-5-13)12-20(16,17)11-3-2-9(19-11)6-10(14)15/h2-3,8,12-13H,4-7H2,1H3,(H,14,15). The first kappa shape index (κ1) is 17.1. The van der Waals surface area contributed by atoms with E-state index in [1.54, 1.807) is 0 Å². The van der Waals surface area contributed by atoms with Crippen molar-refractivity contribution in [2.45, 2.75) is 23.1 Å². The molecule has 20 heavy (non-hydrogen) atoms. The number of carboxylic acids is 1. The first-order valence-electron chi connectivity index (χ1n) is 5.81. The Kier molecular flexibility index (Phi) is 6.56. The zero-order valence-electron chi connectivity index (χ0n) is 10.9. The molecule has 1 rings (SSSR count). The molecule has 1 aromatic heterocycles. The Morgan fingerprint density at radius 1 is 1.50 bits per heavy atom. The molecule has 9 heteroatoms. The van der Waals surface area contributed by atoms with Crippen molar-refractivity contribution in [1.82, 2.24) is 4.72 Å². The molecule has 0 spiro atoms. The molecule has 0 saturated carbocycles. The molecule has 0 aliphatic carbocycles. The van der Waals surface area contributed by atoms with E-state index < -0.39 is 22.0 Å². The summed E-state index contributed by atoms with van der Waals surface area (Å²) in [5.41, 5.74) is 0. The highest BCUT2D eigenvalue weighted by atomic mass is 32.2. The van der Waals surface area contributed by atoms with Gasteiger partial charge in [-0.1, -0.05) is 0 Å². The van der Waals surface area contributed by atoms with Crippen molar-refractivity contribution in [2.24, 2.45) is 0 Å². The maximum absolute atomic E-state index is 12.1. The van der Waals surface area contributed by atoms with Gasteiger partial charge in [-0.15, -0.1) is 11.3 Å². The molecule has 0 fully saturated rings. The van der Waals surface area contributed by atoms with Crippen LogP contribution < -0.4 is 4.72 Å². The molecule has 1 aromatic rings. The lowest BCUT2D eigenvalue weighted by Gasteiger charge is -2.16. The second-order valence-corrected chi connectivity index (χ2v) is 7.19. The Bertz CT molecular complexity index is 533. The summed E-state index contributed by atoms with van der Waals surface area (Å²) in [6.07, 6.45) is 0.0265. The van der Waals surface area contributed by atoms with Crippen LogP contribution in [-0.4, -0.2) is 51.0 Å². The van der Waals surface area contributed by atoms with Crippen LogP contribution in [0.1, 0.15) is 11.3 Å². The van der Waals surface area contributed by atoms with Crippen LogP contribution in [0, 0.1) is 0 Å². The van der Waals surface area contributed by atoms with E-state index in [-0.39, 0.29) is 30.3 Å². The van der Waals surface area contributed by atoms with E-state index in [2.05, 4.69) is 4.72 Å². The largest absolute Gasteiger partial charge is 0.481 e. The van der Waals surface area contributed by atoms with Gasteiger partial charge in [-0.05, 0) is 18.6 Å². The third kappa shape index (κ3) is 5.17. The maximum Gasteiger partial charge on any atom is 0.308 e. The maximum atomic E-state index is 12.1. The van der Waals surface area contributed by atoms with Gasteiger partial charge in [0.15, 0.2) is 0 Å². The monoisotopic (exact) mass is 323 g/mol. The number of carbonyl (C=O) groups is 1. The van der Waals surface area contributed by atoms with Crippen molar-refractivity contribution in [3.8, 4) is 0 Å². The second kappa shape index (κ2) is 7.70. The smallest absolute Gasteiger partial charge is 0.308 e. The van der Waals surface area contributed by atoms with Crippen LogP contribution in [0.2, 0.25) is 0 Å². The average Bonchev–Trinajstić information content (AvgIpc) is 2.77. The predicted molar refractivity (Wildman–Crippen MR) is 73.3 cm³/mol. The number of ether oxygens (including phenoxy) is 1. The molecule has 0 aromatic carbocycles. The van der Waals surface area contributed by atoms with Crippen molar-refractivity contribution in [3.05, 3.63) is 17.0 Å². The van der Waals surface area contributed by atoms with Gasteiger partial charge in [-0.2, -0.15) is 0 Å². The van der Waals surface area contributed by atoms with Crippen LogP contribution in [0.25, 0.3) is 0 Å². The zero-order valence-corrected chi connectivity index (χ0v) is 12.5. The Morgan fingerprint density at radius 3 is 2.75 bits per heavy atom. The molecule has 0 bridgehead atoms. The van der Waals surface area contributed by atoms with Crippen molar-refractivity contribution in [2.75, 3.05) is 20.3 Å². The minimum Gasteiger partial charge on any atom is -0.481 e. The summed E-state index contributed by atoms with van der Waals surface area (Å²) in [5, 5.41) is 17.5. The van der Waals surface area contributed by atoms with Gasteiger partial charge in [0.05, 0.1) is 13.0 Å². The Balaban J connectivity index is 2.81. The molecule has 0 aliphatic heterocycles. The van der Waals surface area contributed by atoms with Crippen molar-refractivity contribution < 1.29 is 28.2 Å². The highest BCUT2D eigenvalue weighted by Crippen LogP contribution is 2.22. The van der Waals surface area contributed by atoms with Crippen molar-refractivity contribution in [1.29, 1.82) is 0 Å². The fourth-order valence-electron chi connectivity index (χ4n) is 1.56. The summed E-state index contributed by atoms with van der Waals surface area (Å²) in [6.45, 7) is -0.0155. The molecule has 114 valence electrons. The fraction of sp³-hybridized carbons (Fsp3) is 0.545. The number of rotatable bonds is 9. The molecular weight excluding hydrogens is 306 g/mol. The van der Waals surface area contributed by atoms with E-state index in [4.69, 9.17) is 14.9 Å². The molecule has 1 heterocycles. The molecule has 0 aliphatic rings. The summed E-state index contributed by atoms with van der Waals surface area (Å²) in [4.78, 5) is 11.0. The number of nitrogens with one attached hydrogen (secondary N) is 1. The lowest BCUT2D eigenvalue weighted by molar-refractivity contribution is -0.136. The van der Waals surface area contributed by atoms with E-state index in [1.807, 2.05) is 0 Å². The number of carboxylic acid groups (broad SMARTS) is 1. The summed E-state index contributed by atoms with van der Waals surface area (Å²) < 4.78 is 31.6. The van der Waals surface area contributed by atoms with Crippen LogP contribution in [0.3, 0.4) is 0 Å². The highest BCUT2D eigenvalue weighted by Gasteiger charge is 2.22. The number of sulfonamides is 1. The van der Waals surface area contributed by atoms with Crippen LogP contribution in [-0.2, 0) is 26.0 Å². The minimum absolute atomic E-state index is 0.0489. The van der Waals surface area contributed by atoms with Gasteiger partial charge in [0.2, 0.25) is 10.0 Å². The van der Waals surface area contributed by atoms with E-state index in [1.165, 1.54) is 19.2 Å². The summed E-state index contributed by atoms with van der Waals surface area (Å²) in [5.74, 6) is -1.01. The Hall–Kier alpha value is -1.00. The lowest BCUT2D eigenvalue weighted by atomic mass is 10.2. The molecule has 0 radical (unpaired) electrons. The number of methoxy groups -OCH3 is 1. The fourth-order valence-corrected chi connectivity index (χ4v) is 4.18. The second-order valence-electron chi connectivity index (χ2n) is 4.08. The highest BCUT2D eigenvalue weighted by molar-refractivity contribution is 7.91.